The normalized spacial score (nSPS) is 15.4. The highest BCUT2D eigenvalue weighted by Gasteiger charge is 2.65. The van der Waals surface area contributed by atoms with Crippen LogP contribution in [0.4, 0.5) is 26.3 Å². The Hall–Kier alpha value is -1.08. The molecule has 0 radical (unpaired) electrons. The summed E-state index contributed by atoms with van der Waals surface area (Å²) in [4.78, 5) is 22.2. The van der Waals surface area contributed by atoms with Crippen molar-refractivity contribution < 1.29 is 35.9 Å². The van der Waals surface area contributed by atoms with Crippen molar-refractivity contribution in [1.29, 1.82) is 0 Å². The number of ketones is 2. The number of carbonyl (C=O) groups excluding carboxylic acids is 2. The Kier molecular flexibility index (Phi) is 4.60. The van der Waals surface area contributed by atoms with E-state index in [0.717, 1.165) is 0 Å². The second-order valence-corrected chi connectivity index (χ2v) is 4.80. The fraction of sp³-hybridized carbons (Fsp3) is 0.800. The lowest BCUT2D eigenvalue weighted by Gasteiger charge is -2.23. The molecule has 0 spiro atoms. The van der Waals surface area contributed by atoms with E-state index in [9.17, 15) is 35.9 Å². The second-order valence-electron chi connectivity index (χ2n) is 4.80. The minimum Gasteiger partial charge on any atom is -0.299 e. The molecule has 18 heavy (non-hydrogen) atoms. The van der Waals surface area contributed by atoms with E-state index in [1.807, 2.05) is 0 Å². The zero-order valence-corrected chi connectivity index (χ0v) is 9.87. The number of hydrogen-bond acceptors (Lipinski definition) is 2. The Bertz CT molecular complexity index is 339. The maximum atomic E-state index is 12.8. The third-order valence-electron chi connectivity index (χ3n) is 2.15. The summed E-state index contributed by atoms with van der Waals surface area (Å²) in [6, 6.07) is 0. The van der Waals surface area contributed by atoms with Crippen LogP contribution in [0.25, 0.3) is 0 Å². The van der Waals surface area contributed by atoms with Crippen LogP contribution in [0.15, 0.2) is 0 Å². The van der Waals surface area contributed by atoms with Gasteiger partial charge in [0.1, 0.15) is 5.78 Å². The molecular weight excluding hydrogens is 266 g/mol. The van der Waals surface area contributed by atoms with Crippen molar-refractivity contribution in [2.75, 3.05) is 0 Å². The number of Topliss-reactive ketones (excluding diaryl/α,β-unsaturated/α-hetero) is 2. The summed E-state index contributed by atoms with van der Waals surface area (Å²) in [5, 5.41) is 0. The zero-order valence-electron chi connectivity index (χ0n) is 9.87. The van der Waals surface area contributed by atoms with Gasteiger partial charge in [0.15, 0.2) is 5.78 Å². The predicted molar refractivity (Wildman–Crippen MR) is 50.0 cm³/mol. The lowest BCUT2D eigenvalue weighted by molar-refractivity contribution is -0.298. The first-order valence-electron chi connectivity index (χ1n) is 4.86. The number of halogens is 6. The molecule has 1 unspecified atom stereocenters. The molecule has 0 saturated carbocycles. The summed E-state index contributed by atoms with van der Waals surface area (Å²) in [5.41, 5.74) is -1.12. The summed E-state index contributed by atoms with van der Waals surface area (Å²) in [7, 11) is 0. The van der Waals surface area contributed by atoms with Crippen LogP contribution in [-0.2, 0) is 9.59 Å². The first kappa shape index (κ1) is 16.9. The van der Waals surface area contributed by atoms with E-state index in [4.69, 9.17) is 0 Å². The van der Waals surface area contributed by atoms with Crippen molar-refractivity contribution in [2.45, 2.75) is 45.5 Å². The SMILES string of the molecule is CC(C)(C)C(=O)CC(=O)C(F)C(F)(F)C(F)(F)F. The highest BCUT2D eigenvalue weighted by atomic mass is 19.4. The molecule has 2 nitrogen and oxygen atoms in total. The first-order valence-corrected chi connectivity index (χ1v) is 4.86. The molecule has 0 saturated heterocycles. The summed E-state index contributed by atoms with van der Waals surface area (Å²) >= 11 is 0. The Morgan fingerprint density at radius 3 is 1.67 bits per heavy atom. The van der Waals surface area contributed by atoms with Gasteiger partial charge in [0.2, 0.25) is 6.17 Å². The zero-order chi connectivity index (χ0) is 14.9. The molecule has 0 amide bonds. The first-order chi connectivity index (χ1) is 7.71. The van der Waals surface area contributed by atoms with Crippen molar-refractivity contribution in [3.63, 3.8) is 0 Å². The Morgan fingerprint density at radius 1 is 1.00 bits per heavy atom. The number of rotatable bonds is 4. The van der Waals surface area contributed by atoms with Gasteiger partial charge in [-0.25, -0.2) is 4.39 Å². The van der Waals surface area contributed by atoms with Crippen LogP contribution < -0.4 is 0 Å². The van der Waals surface area contributed by atoms with Crippen molar-refractivity contribution >= 4 is 11.6 Å². The van der Waals surface area contributed by atoms with E-state index in [2.05, 4.69) is 0 Å². The fourth-order valence-electron chi connectivity index (χ4n) is 0.859. The van der Waals surface area contributed by atoms with Gasteiger partial charge in [-0.05, 0) is 0 Å². The highest BCUT2D eigenvalue weighted by molar-refractivity contribution is 6.03. The molecule has 0 fully saturated rings. The monoisotopic (exact) mass is 278 g/mol. The quantitative estimate of drug-likeness (QED) is 0.585. The smallest absolute Gasteiger partial charge is 0.299 e. The van der Waals surface area contributed by atoms with Crippen LogP contribution in [0.1, 0.15) is 27.2 Å². The summed E-state index contributed by atoms with van der Waals surface area (Å²) in [6.45, 7) is 3.99. The van der Waals surface area contributed by atoms with E-state index in [-0.39, 0.29) is 0 Å². The summed E-state index contributed by atoms with van der Waals surface area (Å²) < 4.78 is 73.2. The van der Waals surface area contributed by atoms with E-state index >= 15 is 0 Å². The Balaban J connectivity index is 4.89. The molecule has 106 valence electrons. The predicted octanol–water partition coefficient (Wildman–Crippen LogP) is 3.10. The van der Waals surface area contributed by atoms with Gasteiger partial charge in [0.25, 0.3) is 0 Å². The topological polar surface area (TPSA) is 34.1 Å². The summed E-state index contributed by atoms with van der Waals surface area (Å²) in [6.07, 6.45) is -11.5. The van der Waals surface area contributed by atoms with Gasteiger partial charge < -0.3 is 0 Å². The molecule has 0 aromatic carbocycles. The Morgan fingerprint density at radius 2 is 1.39 bits per heavy atom. The van der Waals surface area contributed by atoms with E-state index < -0.39 is 41.7 Å². The lowest BCUT2D eigenvalue weighted by Crippen LogP contribution is -2.49. The van der Waals surface area contributed by atoms with Crippen LogP contribution in [0.5, 0.6) is 0 Å². The third kappa shape index (κ3) is 3.71. The molecule has 0 aromatic heterocycles. The van der Waals surface area contributed by atoms with Gasteiger partial charge in [-0.1, -0.05) is 20.8 Å². The van der Waals surface area contributed by atoms with Crippen LogP contribution >= 0.6 is 0 Å². The number of carbonyl (C=O) groups is 2. The standard InChI is InChI=1S/C10H12F6O2/c1-8(2,3)6(18)4-5(17)7(11)9(12,13)10(14,15)16/h7H,4H2,1-3H3. The van der Waals surface area contributed by atoms with Crippen molar-refractivity contribution in [3.8, 4) is 0 Å². The average Bonchev–Trinajstić information content (AvgIpc) is 2.12. The molecule has 8 heteroatoms. The van der Waals surface area contributed by atoms with Crippen molar-refractivity contribution in [1.82, 2.24) is 0 Å². The van der Waals surface area contributed by atoms with Gasteiger partial charge in [0.05, 0.1) is 6.42 Å². The van der Waals surface area contributed by atoms with Crippen LogP contribution in [0.2, 0.25) is 0 Å². The van der Waals surface area contributed by atoms with Gasteiger partial charge in [0, 0.05) is 5.41 Å². The minimum atomic E-state index is -6.17. The number of hydrogen-bond donors (Lipinski definition) is 0. The largest absolute Gasteiger partial charge is 0.456 e. The molecule has 0 N–H and O–H groups in total. The van der Waals surface area contributed by atoms with Gasteiger partial charge in [-0.3, -0.25) is 9.59 Å². The lowest BCUT2D eigenvalue weighted by atomic mass is 9.87. The second kappa shape index (κ2) is 4.89. The molecule has 0 bridgehead atoms. The molecule has 0 aromatic rings. The molecule has 0 heterocycles. The van der Waals surface area contributed by atoms with Gasteiger partial charge >= 0.3 is 12.1 Å². The average molecular weight is 278 g/mol. The maximum Gasteiger partial charge on any atom is 0.456 e. The molecular formula is C10H12F6O2. The van der Waals surface area contributed by atoms with E-state index in [0.29, 0.717) is 0 Å². The third-order valence-corrected chi connectivity index (χ3v) is 2.15. The van der Waals surface area contributed by atoms with Gasteiger partial charge in [-0.15, -0.1) is 0 Å². The molecule has 0 rings (SSSR count). The van der Waals surface area contributed by atoms with E-state index in [1.165, 1.54) is 20.8 Å². The van der Waals surface area contributed by atoms with Crippen LogP contribution in [0.3, 0.4) is 0 Å². The van der Waals surface area contributed by atoms with E-state index in [1.54, 1.807) is 0 Å². The highest BCUT2D eigenvalue weighted by Crippen LogP contribution is 2.40. The summed E-state index contributed by atoms with van der Waals surface area (Å²) in [5.74, 6) is -8.77. The number of alkyl halides is 6. The molecule has 0 aliphatic rings. The molecule has 0 aliphatic heterocycles. The Labute approximate surface area is 99.3 Å². The van der Waals surface area contributed by atoms with Crippen molar-refractivity contribution in [2.24, 2.45) is 5.41 Å². The van der Waals surface area contributed by atoms with Crippen LogP contribution in [0, 0.1) is 5.41 Å². The molecule has 1 atom stereocenters. The minimum absolute atomic E-state index is 0.909. The van der Waals surface area contributed by atoms with Gasteiger partial charge in [-0.2, -0.15) is 22.0 Å². The van der Waals surface area contributed by atoms with Crippen molar-refractivity contribution in [3.05, 3.63) is 0 Å². The molecule has 0 aliphatic carbocycles. The maximum absolute atomic E-state index is 12.8. The fourth-order valence-corrected chi connectivity index (χ4v) is 0.859. The van der Waals surface area contributed by atoms with Crippen LogP contribution in [-0.4, -0.2) is 29.8 Å².